The third-order valence-corrected chi connectivity index (χ3v) is 3.70. The van der Waals surface area contributed by atoms with Gasteiger partial charge in [-0.3, -0.25) is 14.5 Å². The van der Waals surface area contributed by atoms with Crippen molar-refractivity contribution in [1.82, 2.24) is 10.2 Å². The predicted octanol–water partition coefficient (Wildman–Crippen LogP) is 2.71. The Hall–Kier alpha value is -2.80. The molecule has 2 rings (SSSR count). The van der Waals surface area contributed by atoms with Gasteiger partial charge in [0.05, 0.1) is 19.1 Å². The summed E-state index contributed by atoms with van der Waals surface area (Å²) in [5, 5.41) is 5.43. The zero-order valence-corrected chi connectivity index (χ0v) is 14.6. The molecule has 0 saturated heterocycles. The molecule has 0 aromatic heterocycles. The highest BCUT2D eigenvalue weighted by atomic mass is 19.1. The van der Waals surface area contributed by atoms with E-state index in [1.165, 1.54) is 36.4 Å². The van der Waals surface area contributed by atoms with Crippen LogP contribution in [0.5, 0.6) is 0 Å². The minimum atomic E-state index is -0.382. The summed E-state index contributed by atoms with van der Waals surface area (Å²) in [5.74, 6) is -1.27. The lowest BCUT2D eigenvalue weighted by Gasteiger charge is -2.19. The number of nitrogens with zero attached hydrogens (tertiary/aromatic N) is 1. The molecule has 2 aromatic rings. The Morgan fingerprint density at radius 1 is 0.923 bits per heavy atom. The molecular formula is C19H21F2N3O2. The topological polar surface area (TPSA) is 61.4 Å². The SMILES string of the molecule is C[C@@H](NC(=O)CN(C)CC(=O)Nc1ccc(F)cc1)c1ccc(F)cc1. The molecule has 5 nitrogen and oxygen atoms in total. The van der Waals surface area contributed by atoms with Crippen molar-refractivity contribution in [3.05, 3.63) is 65.7 Å². The van der Waals surface area contributed by atoms with Crippen molar-refractivity contribution in [2.75, 3.05) is 25.5 Å². The second kappa shape index (κ2) is 9.05. The van der Waals surface area contributed by atoms with Gasteiger partial charge in [0, 0.05) is 5.69 Å². The fraction of sp³-hybridized carbons (Fsp3) is 0.263. The fourth-order valence-electron chi connectivity index (χ4n) is 2.40. The number of benzene rings is 2. The highest BCUT2D eigenvalue weighted by molar-refractivity contribution is 5.92. The normalized spacial score (nSPS) is 11.9. The van der Waals surface area contributed by atoms with E-state index < -0.39 is 0 Å². The summed E-state index contributed by atoms with van der Waals surface area (Å²) in [6.07, 6.45) is 0. The maximum Gasteiger partial charge on any atom is 0.238 e. The molecule has 1 atom stereocenters. The van der Waals surface area contributed by atoms with Crippen molar-refractivity contribution in [2.45, 2.75) is 13.0 Å². The van der Waals surface area contributed by atoms with Crippen LogP contribution in [-0.2, 0) is 9.59 Å². The standard InChI is InChI=1S/C19H21F2N3O2/c1-13(14-3-5-15(20)6-4-14)22-18(25)11-24(2)12-19(26)23-17-9-7-16(21)8-10-17/h3-10,13H,11-12H2,1-2H3,(H,22,25)(H,23,26)/t13-/m1/s1. The summed E-state index contributed by atoms with van der Waals surface area (Å²) in [6, 6.07) is 11.1. The lowest BCUT2D eigenvalue weighted by molar-refractivity contribution is -0.123. The first-order valence-corrected chi connectivity index (χ1v) is 8.12. The zero-order valence-electron chi connectivity index (χ0n) is 14.6. The van der Waals surface area contributed by atoms with Gasteiger partial charge < -0.3 is 10.6 Å². The zero-order chi connectivity index (χ0) is 19.1. The molecule has 2 amide bonds. The van der Waals surface area contributed by atoms with Gasteiger partial charge in [-0.1, -0.05) is 12.1 Å². The number of halogens is 2. The van der Waals surface area contributed by atoms with Gasteiger partial charge in [0.15, 0.2) is 0 Å². The molecule has 0 unspecified atom stereocenters. The van der Waals surface area contributed by atoms with Gasteiger partial charge in [0.2, 0.25) is 11.8 Å². The molecular weight excluding hydrogens is 340 g/mol. The van der Waals surface area contributed by atoms with E-state index in [-0.39, 0.29) is 42.6 Å². The summed E-state index contributed by atoms with van der Waals surface area (Å²) in [7, 11) is 1.65. The quantitative estimate of drug-likeness (QED) is 0.797. The highest BCUT2D eigenvalue weighted by Crippen LogP contribution is 2.12. The third kappa shape index (κ3) is 6.25. The maximum absolute atomic E-state index is 12.9. The molecule has 0 bridgehead atoms. The van der Waals surface area contributed by atoms with Crippen LogP contribution in [0.4, 0.5) is 14.5 Å². The molecule has 26 heavy (non-hydrogen) atoms. The van der Waals surface area contributed by atoms with Gasteiger partial charge in [-0.2, -0.15) is 0 Å². The van der Waals surface area contributed by atoms with E-state index in [0.717, 1.165) is 5.56 Å². The van der Waals surface area contributed by atoms with Crippen LogP contribution < -0.4 is 10.6 Å². The summed E-state index contributed by atoms with van der Waals surface area (Å²) in [4.78, 5) is 25.6. The van der Waals surface area contributed by atoms with Gasteiger partial charge in [0.25, 0.3) is 0 Å². The Bertz CT molecular complexity index is 748. The van der Waals surface area contributed by atoms with Crippen LogP contribution in [0.2, 0.25) is 0 Å². The van der Waals surface area contributed by atoms with E-state index in [9.17, 15) is 18.4 Å². The molecule has 0 aliphatic heterocycles. The molecule has 0 aliphatic carbocycles. The molecule has 0 spiro atoms. The number of nitrogens with one attached hydrogen (secondary N) is 2. The van der Waals surface area contributed by atoms with Crippen LogP contribution >= 0.6 is 0 Å². The number of hydrogen-bond donors (Lipinski definition) is 2. The van der Waals surface area contributed by atoms with E-state index >= 15 is 0 Å². The highest BCUT2D eigenvalue weighted by Gasteiger charge is 2.14. The monoisotopic (exact) mass is 361 g/mol. The van der Waals surface area contributed by atoms with E-state index in [1.807, 2.05) is 0 Å². The Labute approximate surface area is 151 Å². The van der Waals surface area contributed by atoms with Gasteiger partial charge in [-0.05, 0) is 55.9 Å². The number of anilines is 1. The van der Waals surface area contributed by atoms with E-state index in [2.05, 4.69) is 10.6 Å². The molecule has 0 radical (unpaired) electrons. The Balaban J connectivity index is 1.78. The fourth-order valence-corrected chi connectivity index (χ4v) is 2.40. The molecule has 0 fully saturated rings. The number of hydrogen-bond acceptors (Lipinski definition) is 3. The van der Waals surface area contributed by atoms with Gasteiger partial charge in [-0.15, -0.1) is 0 Å². The van der Waals surface area contributed by atoms with Crippen molar-refractivity contribution in [1.29, 1.82) is 0 Å². The van der Waals surface area contributed by atoms with Gasteiger partial charge >= 0.3 is 0 Å². The minimum absolute atomic E-state index is 0.00965. The molecule has 0 heterocycles. The van der Waals surface area contributed by atoms with Crippen LogP contribution in [0, 0.1) is 11.6 Å². The maximum atomic E-state index is 12.9. The van der Waals surface area contributed by atoms with Crippen molar-refractivity contribution >= 4 is 17.5 Å². The van der Waals surface area contributed by atoms with Crippen molar-refractivity contribution < 1.29 is 18.4 Å². The number of carbonyl (C=O) groups excluding carboxylic acids is 2. The first kappa shape index (κ1) is 19.5. The number of amides is 2. The van der Waals surface area contributed by atoms with Gasteiger partial charge in [0.1, 0.15) is 11.6 Å². The summed E-state index contributed by atoms with van der Waals surface area (Å²) in [5.41, 5.74) is 1.27. The van der Waals surface area contributed by atoms with E-state index in [4.69, 9.17) is 0 Å². The molecule has 2 aromatic carbocycles. The first-order valence-electron chi connectivity index (χ1n) is 8.12. The van der Waals surface area contributed by atoms with Crippen molar-refractivity contribution in [3.63, 3.8) is 0 Å². The lowest BCUT2D eigenvalue weighted by atomic mass is 10.1. The predicted molar refractivity (Wildman–Crippen MR) is 95.5 cm³/mol. The van der Waals surface area contributed by atoms with Crippen LogP contribution in [0.1, 0.15) is 18.5 Å². The van der Waals surface area contributed by atoms with Crippen molar-refractivity contribution in [2.24, 2.45) is 0 Å². The second-order valence-corrected chi connectivity index (χ2v) is 6.07. The lowest BCUT2D eigenvalue weighted by Crippen LogP contribution is -2.39. The number of likely N-dealkylation sites (N-methyl/N-ethyl adjacent to an activating group) is 1. The third-order valence-electron chi connectivity index (χ3n) is 3.70. The van der Waals surface area contributed by atoms with Crippen molar-refractivity contribution in [3.8, 4) is 0 Å². The van der Waals surface area contributed by atoms with Crippen LogP contribution in [0.25, 0.3) is 0 Å². The smallest absolute Gasteiger partial charge is 0.238 e. The van der Waals surface area contributed by atoms with Crippen LogP contribution in [-0.4, -0.2) is 36.9 Å². The Morgan fingerprint density at radius 2 is 1.42 bits per heavy atom. The van der Waals surface area contributed by atoms with Crippen LogP contribution in [0.3, 0.4) is 0 Å². The summed E-state index contributed by atoms with van der Waals surface area (Å²) >= 11 is 0. The molecule has 7 heteroatoms. The first-order chi connectivity index (χ1) is 12.3. The average molecular weight is 361 g/mol. The number of rotatable bonds is 7. The molecule has 0 saturated carbocycles. The molecule has 2 N–H and O–H groups in total. The van der Waals surface area contributed by atoms with Gasteiger partial charge in [-0.25, -0.2) is 8.78 Å². The Morgan fingerprint density at radius 3 is 2.00 bits per heavy atom. The second-order valence-electron chi connectivity index (χ2n) is 6.07. The van der Waals surface area contributed by atoms with Crippen LogP contribution in [0.15, 0.2) is 48.5 Å². The number of carbonyl (C=O) groups is 2. The Kier molecular flexibility index (Phi) is 6.80. The summed E-state index contributed by atoms with van der Waals surface area (Å²) in [6.45, 7) is 1.84. The van der Waals surface area contributed by atoms with E-state index in [0.29, 0.717) is 5.69 Å². The minimum Gasteiger partial charge on any atom is -0.348 e. The van der Waals surface area contributed by atoms with E-state index in [1.54, 1.807) is 31.0 Å². The largest absolute Gasteiger partial charge is 0.348 e. The average Bonchev–Trinajstić information content (AvgIpc) is 2.57. The summed E-state index contributed by atoms with van der Waals surface area (Å²) < 4.78 is 25.8. The molecule has 138 valence electrons. The molecule has 0 aliphatic rings.